The first-order valence-corrected chi connectivity index (χ1v) is 17.0. The highest BCUT2D eigenvalue weighted by Gasteiger charge is 2.35. The third kappa shape index (κ3) is 7.92. The van der Waals surface area contributed by atoms with Crippen molar-refractivity contribution in [3.8, 4) is 22.9 Å². The van der Waals surface area contributed by atoms with Gasteiger partial charge in [-0.15, -0.1) is 0 Å². The molecule has 11 nitrogen and oxygen atoms in total. The van der Waals surface area contributed by atoms with Crippen LogP contribution in [0.1, 0.15) is 101 Å². The van der Waals surface area contributed by atoms with E-state index in [4.69, 9.17) is 14.5 Å². The average molecular weight is 640 g/mol. The quantitative estimate of drug-likeness (QED) is 0.264. The predicted octanol–water partition coefficient (Wildman–Crippen LogP) is 6.56. The van der Waals surface area contributed by atoms with Gasteiger partial charge in [-0.05, 0) is 114 Å². The molecule has 2 amide bonds. The maximum Gasteiger partial charge on any atom is 0.407 e. The Morgan fingerprint density at radius 2 is 1.81 bits per heavy atom. The number of nitrogens with zero attached hydrogens (tertiary/aromatic N) is 6. The molecule has 3 fully saturated rings. The van der Waals surface area contributed by atoms with Crippen LogP contribution in [0.15, 0.2) is 42.9 Å². The smallest absolute Gasteiger partial charge is 0.407 e. The molecule has 3 aromatic heterocycles. The van der Waals surface area contributed by atoms with Crippen molar-refractivity contribution in [2.75, 3.05) is 18.6 Å². The molecule has 0 unspecified atom stereocenters. The van der Waals surface area contributed by atoms with Crippen molar-refractivity contribution in [1.82, 2.24) is 25.1 Å². The van der Waals surface area contributed by atoms with Crippen LogP contribution in [-0.2, 0) is 9.53 Å². The first-order chi connectivity index (χ1) is 22.8. The number of alkyl carbamates (subject to hydrolysis) is 1. The Balaban J connectivity index is 1.16. The highest BCUT2D eigenvalue weighted by atomic mass is 16.6. The zero-order chi connectivity index (χ0) is 32.9. The normalized spacial score (nSPS) is 22.7. The molecule has 3 aromatic rings. The van der Waals surface area contributed by atoms with E-state index in [1.165, 1.54) is 0 Å². The molecule has 3 heterocycles. The van der Waals surface area contributed by atoms with Crippen molar-refractivity contribution in [2.45, 2.75) is 102 Å². The molecule has 0 spiro atoms. The lowest BCUT2D eigenvalue weighted by atomic mass is 9.79. The molecule has 0 saturated heterocycles. The molecule has 6 rings (SSSR count). The summed E-state index contributed by atoms with van der Waals surface area (Å²) >= 11 is 0. The van der Waals surface area contributed by atoms with Crippen molar-refractivity contribution in [1.29, 1.82) is 5.26 Å². The highest BCUT2D eigenvalue weighted by Crippen LogP contribution is 2.38. The number of nitrogens with one attached hydrogen (secondary N) is 1. The van der Waals surface area contributed by atoms with Crippen LogP contribution in [0.25, 0.3) is 11.1 Å². The maximum absolute atomic E-state index is 14.3. The third-order valence-corrected chi connectivity index (χ3v) is 9.86. The number of aromatic nitrogens is 4. The number of ether oxygens (including phenoxy) is 2. The lowest BCUT2D eigenvalue weighted by Gasteiger charge is -2.35. The van der Waals surface area contributed by atoms with E-state index in [9.17, 15) is 14.9 Å². The monoisotopic (exact) mass is 639 g/mol. The van der Waals surface area contributed by atoms with Crippen molar-refractivity contribution >= 4 is 17.8 Å². The van der Waals surface area contributed by atoms with E-state index < -0.39 is 0 Å². The van der Waals surface area contributed by atoms with Gasteiger partial charge in [0.2, 0.25) is 5.91 Å². The van der Waals surface area contributed by atoms with E-state index in [0.717, 1.165) is 55.3 Å². The zero-order valence-electron chi connectivity index (χ0n) is 27.6. The maximum atomic E-state index is 14.3. The van der Waals surface area contributed by atoms with Gasteiger partial charge in [0.15, 0.2) is 11.4 Å². The Hall–Kier alpha value is -4.46. The van der Waals surface area contributed by atoms with Gasteiger partial charge in [0.05, 0.1) is 13.3 Å². The predicted molar refractivity (Wildman–Crippen MR) is 177 cm³/mol. The molecule has 0 aliphatic heterocycles. The van der Waals surface area contributed by atoms with Crippen molar-refractivity contribution in [2.24, 2.45) is 11.8 Å². The van der Waals surface area contributed by atoms with Crippen LogP contribution < -0.4 is 15.0 Å². The third-order valence-electron chi connectivity index (χ3n) is 9.86. The second-order valence-electron chi connectivity index (χ2n) is 13.6. The number of rotatable bonds is 10. The summed E-state index contributed by atoms with van der Waals surface area (Å²) in [6.07, 6.45) is 13.7. The molecule has 3 saturated carbocycles. The Morgan fingerprint density at radius 3 is 2.47 bits per heavy atom. The largest absolute Gasteiger partial charge is 0.494 e. The van der Waals surface area contributed by atoms with Gasteiger partial charge in [-0.3, -0.25) is 14.4 Å². The van der Waals surface area contributed by atoms with Crippen LogP contribution in [0, 0.1) is 23.2 Å². The summed E-state index contributed by atoms with van der Waals surface area (Å²) in [7, 11) is 1.55. The van der Waals surface area contributed by atoms with Crippen LogP contribution in [0.2, 0.25) is 0 Å². The number of hydrogen-bond acceptors (Lipinski definition) is 8. The van der Waals surface area contributed by atoms with Gasteiger partial charge in [0.1, 0.15) is 18.0 Å². The molecular weight excluding hydrogens is 594 g/mol. The van der Waals surface area contributed by atoms with Gasteiger partial charge >= 0.3 is 6.09 Å². The summed E-state index contributed by atoms with van der Waals surface area (Å²) in [6.45, 7) is 4.78. The van der Waals surface area contributed by atoms with Crippen LogP contribution in [0.5, 0.6) is 5.75 Å². The summed E-state index contributed by atoms with van der Waals surface area (Å²) < 4.78 is 12.9. The van der Waals surface area contributed by atoms with Crippen LogP contribution in [0.4, 0.5) is 10.6 Å². The number of hydrogen-bond donors (Lipinski definition) is 1. The SMILES string of the molecule is COc1ccc(C2CCC(CN(C(=O)C3CCC(OC(=O)NC4CC4)CC3)c3cc(-c4cnn(C(C)C)c4)ccn3)CC2)nc1C#N. The van der Waals surface area contributed by atoms with Crippen LogP contribution >= 0.6 is 0 Å². The van der Waals surface area contributed by atoms with Gasteiger partial charge in [0.25, 0.3) is 0 Å². The Kier molecular flexibility index (Phi) is 10.0. The molecule has 248 valence electrons. The van der Waals surface area contributed by atoms with E-state index in [1.54, 1.807) is 13.3 Å². The van der Waals surface area contributed by atoms with Crippen molar-refractivity contribution < 1.29 is 19.1 Å². The van der Waals surface area contributed by atoms with Crippen LogP contribution in [-0.4, -0.2) is 57.5 Å². The van der Waals surface area contributed by atoms with Gasteiger partial charge in [-0.1, -0.05) is 0 Å². The lowest BCUT2D eigenvalue weighted by molar-refractivity contribution is -0.124. The van der Waals surface area contributed by atoms with E-state index >= 15 is 0 Å². The molecular formula is C36H45N7O4. The summed E-state index contributed by atoms with van der Waals surface area (Å²) in [5.74, 6) is 1.66. The summed E-state index contributed by atoms with van der Waals surface area (Å²) in [6, 6.07) is 10.4. The second kappa shape index (κ2) is 14.5. The van der Waals surface area contributed by atoms with Crippen LogP contribution in [0.3, 0.4) is 0 Å². The number of methoxy groups -OCH3 is 1. The second-order valence-corrected chi connectivity index (χ2v) is 13.6. The average Bonchev–Trinajstić information content (AvgIpc) is 3.76. The van der Waals surface area contributed by atoms with Gasteiger partial charge in [0, 0.05) is 54.1 Å². The number of amides is 2. The summed E-state index contributed by atoms with van der Waals surface area (Å²) in [5.41, 5.74) is 3.20. The minimum atomic E-state index is -0.338. The van der Waals surface area contributed by atoms with E-state index in [0.29, 0.717) is 55.4 Å². The van der Waals surface area contributed by atoms with Gasteiger partial charge < -0.3 is 14.8 Å². The molecule has 0 aromatic carbocycles. The number of nitriles is 1. The van der Waals surface area contributed by atoms with Crippen molar-refractivity contribution in [3.63, 3.8) is 0 Å². The standard InChI is InChI=1S/C36H45N7O4/c1-23(2)43-22-28(20-39-43)27-16-17-38-34(18-27)42(35(44)26-8-12-30(13-9-26)47-36(45)40-29-10-11-29)21-24-4-6-25(7-5-24)31-14-15-33(46-3)32(19-37)41-31/h14-18,20,22-26,29-30H,4-13,21H2,1-3H3,(H,40,45). The molecule has 0 radical (unpaired) electrons. The number of carbonyl (C=O) groups is 2. The molecule has 0 atom stereocenters. The van der Waals surface area contributed by atoms with Crippen molar-refractivity contribution in [3.05, 3.63) is 54.2 Å². The molecule has 3 aliphatic rings. The molecule has 0 bridgehead atoms. The highest BCUT2D eigenvalue weighted by molar-refractivity contribution is 5.94. The first-order valence-electron chi connectivity index (χ1n) is 17.0. The summed E-state index contributed by atoms with van der Waals surface area (Å²) in [4.78, 5) is 37.7. The minimum Gasteiger partial charge on any atom is -0.494 e. The fraction of sp³-hybridized carbons (Fsp3) is 0.556. The number of carbonyl (C=O) groups excluding carboxylic acids is 2. The fourth-order valence-electron chi connectivity index (χ4n) is 6.87. The zero-order valence-corrected chi connectivity index (χ0v) is 27.6. The van der Waals surface area contributed by atoms with E-state index in [2.05, 4.69) is 35.3 Å². The fourth-order valence-corrected chi connectivity index (χ4v) is 6.87. The summed E-state index contributed by atoms with van der Waals surface area (Å²) in [5, 5.41) is 16.9. The number of pyridine rings is 2. The molecule has 3 aliphatic carbocycles. The topological polar surface area (TPSA) is 135 Å². The van der Waals surface area contributed by atoms with Gasteiger partial charge in [-0.2, -0.15) is 10.4 Å². The Bertz CT molecular complexity index is 1590. The van der Waals surface area contributed by atoms with E-state index in [1.807, 2.05) is 46.2 Å². The number of anilines is 1. The Morgan fingerprint density at radius 1 is 1.04 bits per heavy atom. The molecule has 11 heteroatoms. The lowest BCUT2D eigenvalue weighted by Crippen LogP contribution is -2.42. The molecule has 1 N–H and O–H groups in total. The minimum absolute atomic E-state index is 0.0889. The Labute approximate surface area is 276 Å². The first kappa shape index (κ1) is 32.5. The molecule has 47 heavy (non-hydrogen) atoms. The van der Waals surface area contributed by atoms with Gasteiger partial charge in [-0.25, -0.2) is 14.8 Å². The van der Waals surface area contributed by atoms with E-state index in [-0.39, 0.29) is 42.0 Å².